The minimum Gasteiger partial charge on any atom is -0.348 e. The van der Waals surface area contributed by atoms with Gasteiger partial charge in [0, 0.05) is 17.5 Å². The molecule has 2 unspecified atom stereocenters. The predicted octanol–water partition coefficient (Wildman–Crippen LogP) is 2.36. The Balaban J connectivity index is 2.05. The summed E-state index contributed by atoms with van der Waals surface area (Å²) in [5, 5.41) is 15.4. The van der Waals surface area contributed by atoms with Crippen molar-refractivity contribution in [2.24, 2.45) is 5.92 Å². The van der Waals surface area contributed by atoms with Crippen LogP contribution in [0.25, 0.3) is 0 Å². The predicted molar refractivity (Wildman–Crippen MR) is 86.2 cm³/mol. The largest absolute Gasteiger partial charge is 0.348 e. The standard InChI is InChI=1S/C16H16N4O2S/c1-9(14(21)13-6-4-12(8-17)5-7-13)10(2)18-16(22)15-11(3)19-20-23-15/h4-7,9-10H,1-3H3,(H,18,22). The molecule has 1 amide bonds. The number of ketones is 1. The molecule has 7 heteroatoms. The molecule has 1 heterocycles. The first-order valence-electron chi connectivity index (χ1n) is 7.08. The van der Waals surface area contributed by atoms with Gasteiger partial charge in [0.2, 0.25) is 0 Å². The van der Waals surface area contributed by atoms with Crippen molar-refractivity contribution >= 4 is 23.2 Å². The van der Waals surface area contributed by atoms with Crippen molar-refractivity contribution in [3.8, 4) is 6.07 Å². The van der Waals surface area contributed by atoms with E-state index in [9.17, 15) is 9.59 Å². The van der Waals surface area contributed by atoms with Crippen molar-refractivity contribution in [2.45, 2.75) is 26.8 Å². The highest BCUT2D eigenvalue weighted by Gasteiger charge is 2.24. The van der Waals surface area contributed by atoms with Crippen LogP contribution in [0.15, 0.2) is 24.3 Å². The smallest absolute Gasteiger partial charge is 0.265 e. The number of nitrogens with zero attached hydrogens (tertiary/aromatic N) is 3. The monoisotopic (exact) mass is 328 g/mol. The van der Waals surface area contributed by atoms with Crippen LogP contribution < -0.4 is 5.32 Å². The molecule has 2 rings (SSSR count). The molecule has 1 N–H and O–H groups in total. The maximum Gasteiger partial charge on any atom is 0.265 e. The van der Waals surface area contributed by atoms with E-state index in [4.69, 9.17) is 5.26 Å². The molecule has 6 nitrogen and oxygen atoms in total. The molecule has 118 valence electrons. The number of Topliss-reactive ketones (excluding diaryl/α,β-unsaturated/α-hetero) is 1. The molecule has 0 saturated heterocycles. The van der Waals surface area contributed by atoms with Gasteiger partial charge in [-0.3, -0.25) is 9.59 Å². The molecule has 0 fully saturated rings. The van der Waals surface area contributed by atoms with Crippen molar-refractivity contribution < 1.29 is 9.59 Å². The van der Waals surface area contributed by atoms with Crippen LogP contribution in [0.4, 0.5) is 0 Å². The Bertz CT molecular complexity index is 761. The number of benzene rings is 1. The summed E-state index contributed by atoms with van der Waals surface area (Å²) in [6.45, 7) is 5.27. The molecular weight excluding hydrogens is 312 g/mol. The number of rotatable bonds is 5. The lowest BCUT2D eigenvalue weighted by molar-refractivity contribution is 0.0870. The summed E-state index contributed by atoms with van der Waals surface area (Å²) in [4.78, 5) is 25.1. The van der Waals surface area contributed by atoms with Gasteiger partial charge in [-0.15, -0.1) is 5.10 Å². The normalized spacial score (nSPS) is 13.0. The highest BCUT2D eigenvalue weighted by molar-refractivity contribution is 7.08. The van der Waals surface area contributed by atoms with Gasteiger partial charge in [-0.05, 0) is 37.5 Å². The Kier molecular flexibility index (Phi) is 5.19. The van der Waals surface area contributed by atoms with E-state index in [1.54, 1.807) is 45.0 Å². The molecular formula is C16H16N4O2S. The minimum absolute atomic E-state index is 0.0820. The number of carbonyl (C=O) groups excluding carboxylic acids is 2. The van der Waals surface area contributed by atoms with Gasteiger partial charge in [-0.25, -0.2) is 0 Å². The lowest BCUT2D eigenvalue weighted by Gasteiger charge is -2.20. The quantitative estimate of drug-likeness (QED) is 0.850. The van der Waals surface area contributed by atoms with Crippen molar-refractivity contribution in [3.63, 3.8) is 0 Å². The van der Waals surface area contributed by atoms with Crippen LogP contribution in [0.5, 0.6) is 0 Å². The number of aromatic nitrogens is 2. The lowest BCUT2D eigenvalue weighted by atomic mass is 9.93. The highest BCUT2D eigenvalue weighted by Crippen LogP contribution is 2.15. The maximum atomic E-state index is 12.5. The highest BCUT2D eigenvalue weighted by atomic mass is 32.1. The zero-order valence-corrected chi connectivity index (χ0v) is 13.8. The fraction of sp³-hybridized carbons (Fsp3) is 0.312. The van der Waals surface area contributed by atoms with Crippen LogP contribution >= 0.6 is 11.5 Å². The topological polar surface area (TPSA) is 95.7 Å². The van der Waals surface area contributed by atoms with Gasteiger partial charge in [0.15, 0.2) is 5.78 Å². The molecule has 1 aromatic heterocycles. The van der Waals surface area contributed by atoms with E-state index >= 15 is 0 Å². The summed E-state index contributed by atoms with van der Waals surface area (Å²) >= 11 is 1.03. The third-order valence-corrected chi connectivity index (χ3v) is 4.51. The van der Waals surface area contributed by atoms with Gasteiger partial charge in [0.1, 0.15) is 4.88 Å². The third-order valence-electron chi connectivity index (χ3n) is 3.68. The van der Waals surface area contributed by atoms with Gasteiger partial charge in [-0.2, -0.15) is 5.26 Å². The Morgan fingerprint density at radius 2 is 1.91 bits per heavy atom. The number of aryl methyl sites for hydroxylation is 1. The average molecular weight is 328 g/mol. The first-order chi connectivity index (χ1) is 10.9. The lowest BCUT2D eigenvalue weighted by Crippen LogP contribution is -2.40. The van der Waals surface area contributed by atoms with Gasteiger partial charge in [0.05, 0.1) is 17.3 Å². The zero-order chi connectivity index (χ0) is 17.0. The molecule has 1 aromatic carbocycles. The summed E-state index contributed by atoms with van der Waals surface area (Å²) < 4.78 is 3.73. The van der Waals surface area contributed by atoms with Gasteiger partial charge in [0.25, 0.3) is 5.91 Å². The van der Waals surface area contributed by atoms with Gasteiger partial charge in [-0.1, -0.05) is 23.5 Å². The van der Waals surface area contributed by atoms with Crippen molar-refractivity contribution in [3.05, 3.63) is 46.0 Å². The van der Waals surface area contributed by atoms with E-state index in [1.165, 1.54) is 0 Å². The molecule has 0 aliphatic carbocycles. The minimum atomic E-state index is -0.395. The Morgan fingerprint density at radius 3 is 2.43 bits per heavy atom. The molecule has 0 spiro atoms. The number of amides is 1. The molecule has 2 atom stereocenters. The van der Waals surface area contributed by atoms with E-state index in [0.29, 0.717) is 21.7 Å². The van der Waals surface area contributed by atoms with E-state index in [-0.39, 0.29) is 17.7 Å². The van der Waals surface area contributed by atoms with Gasteiger partial charge >= 0.3 is 0 Å². The molecule has 0 aliphatic rings. The number of nitrogens with one attached hydrogen (secondary N) is 1. The average Bonchev–Trinajstić information content (AvgIpc) is 2.99. The summed E-state index contributed by atoms with van der Waals surface area (Å²) in [7, 11) is 0. The van der Waals surface area contributed by atoms with Crippen molar-refractivity contribution in [2.75, 3.05) is 0 Å². The number of hydrogen-bond donors (Lipinski definition) is 1. The molecule has 0 aliphatic heterocycles. The summed E-state index contributed by atoms with van der Waals surface area (Å²) in [5.41, 5.74) is 1.60. The second-order valence-electron chi connectivity index (χ2n) is 5.29. The van der Waals surface area contributed by atoms with Crippen LogP contribution in [0.1, 0.15) is 45.1 Å². The molecule has 2 aromatic rings. The number of carbonyl (C=O) groups is 2. The second kappa shape index (κ2) is 7.11. The second-order valence-corrected chi connectivity index (χ2v) is 6.05. The van der Waals surface area contributed by atoms with Gasteiger partial charge < -0.3 is 5.32 Å². The Labute approximate surface area is 138 Å². The Morgan fingerprint density at radius 1 is 1.26 bits per heavy atom. The molecule has 0 saturated carbocycles. The van der Waals surface area contributed by atoms with Crippen molar-refractivity contribution in [1.29, 1.82) is 5.26 Å². The summed E-state index contributed by atoms with van der Waals surface area (Å²) in [6, 6.07) is 8.14. The number of nitriles is 1. The SMILES string of the molecule is Cc1nnsc1C(=O)NC(C)C(C)C(=O)c1ccc(C#N)cc1. The van der Waals surface area contributed by atoms with E-state index in [0.717, 1.165) is 11.5 Å². The first kappa shape index (κ1) is 16.8. The van der Waals surface area contributed by atoms with Crippen LogP contribution in [0, 0.1) is 24.2 Å². The zero-order valence-electron chi connectivity index (χ0n) is 13.0. The Hall–Kier alpha value is -2.59. The third kappa shape index (κ3) is 3.79. The molecule has 0 bridgehead atoms. The molecule has 23 heavy (non-hydrogen) atoms. The fourth-order valence-corrected chi connectivity index (χ4v) is 2.60. The number of hydrogen-bond acceptors (Lipinski definition) is 6. The molecule has 0 radical (unpaired) electrons. The van der Waals surface area contributed by atoms with E-state index in [1.807, 2.05) is 6.07 Å². The fourth-order valence-electron chi connectivity index (χ4n) is 2.04. The first-order valence-corrected chi connectivity index (χ1v) is 7.85. The van der Waals surface area contributed by atoms with Crippen LogP contribution in [-0.2, 0) is 0 Å². The van der Waals surface area contributed by atoms with Crippen LogP contribution in [0.3, 0.4) is 0 Å². The summed E-state index contributed by atoms with van der Waals surface area (Å²) in [5.74, 6) is -0.751. The van der Waals surface area contributed by atoms with Crippen LogP contribution in [-0.4, -0.2) is 27.3 Å². The summed E-state index contributed by atoms with van der Waals surface area (Å²) in [6.07, 6.45) is 0. The maximum absolute atomic E-state index is 12.5. The van der Waals surface area contributed by atoms with Crippen molar-refractivity contribution in [1.82, 2.24) is 14.9 Å². The van der Waals surface area contributed by atoms with Crippen LogP contribution in [0.2, 0.25) is 0 Å². The van der Waals surface area contributed by atoms with E-state index < -0.39 is 5.92 Å². The van der Waals surface area contributed by atoms with E-state index in [2.05, 4.69) is 14.9 Å².